The van der Waals surface area contributed by atoms with Crippen LogP contribution >= 0.6 is 0 Å². The van der Waals surface area contributed by atoms with Crippen molar-refractivity contribution in [1.29, 1.82) is 0 Å². The first-order valence-corrected chi connectivity index (χ1v) is 5.38. The van der Waals surface area contributed by atoms with Crippen LogP contribution in [0.4, 0.5) is 10.5 Å². The molecule has 0 atom stereocenters. The summed E-state index contributed by atoms with van der Waals surface area (Å²) in [5.74, 6) is 6.42. The SMILES string of the molecule is NNC(=O)Nc1ccc(Oc2ccccc2)cc1. The number of carbonyl (C=O) groups is 1. The number of nitrogens with one attached hydrogen (secondary N) is 2. The van der Waals surface area contributed by atoms with Crippen molar-refractivity contribution in [3.63, 3.8) is 0 Å². The van der Waals surface area contributed by atoms with Gasteiger partial charge < -0.3 is 10.1 Å². The van der Waals surface area contributed by atoms with Crippen LogP contribution in [-0.2, 0) is 0 Å². The van der Waals surface area contributed by atoms with Gasteiger partial charge in [0.1, 0.15) is 11.5 Å². The molecule has 0 bridgehead atoms. The molecule has 0 aliphatic heterocycles. The quantitative estimate of drug-likeness (QED) is 0.440. The van der Waals surface area contributed by atoms with Gasteiger partial charge in [0.25, 0.3) is 0 Å². The molecule has 5 nitrogen and oxygen atoms in total. The van der Waals surface area contributed by atoms with Crippen LogP contribution in [0.25, 0.3) is 0 Å². The molecule has 0 aliphatic carbocycles. The molecule has 0 unspecified atom stereocenters. The minimum Gasteiger partial charge on any atom is -0.457 e. The molecule has 18 heavy (non-hydrogen) atoms. The maximum atomic E-state index is 11.0. The Labute approximate surface area is 105 Å². The number of nitrogens with two attached hydrogens (primary N) is 1. The standard InChI is InChI=1S/C13H13N3O2/c14-16-13(17)15-10-6-8-12(9-7-10)18-11-4-2-1-3-5-11/h1-9H,14H2,(H2,15,16,17). The highest BCUT2D eigenvalue weighted by atomic mass is 16.5. The molecule has 5 heteroatoms. The van der Waals surface area contributed by atoms with Crippen LogP contribution in [0.2, 0.25) is 0 Å². The Kier molecular flexibility index (Phi) is 3.78. The van der Waals surface area contributed by atoms with Gasteiger partial charge in [0.05, 0.1) is 0 Å². The van der Waals surface area contributed by atoms with E-state index in [-0.39, 0.29) is 0 Å². The summed E-state index contributed by atoms with van der Waals surface area (Å²) < 4.78 is 5.61. The summed E-state index contributed by atoms with van der Waals surface area (Å²) in [7, 11) is 0. The van der Waals surface area contributed by atoms with Gasteiger partial charge in [0, 0.05) is 5.69 Å². The molecule has 0 saturated carbocycles. The van der Waals surface area contributed by atoms with Gasteiger partial charge in [0.15, 0.2) is 0 Å². The molecular formula is C13H13N3O2. The molecular weight excluding hydrogens is 230 g/mol. The number of hydrazine groups is 1. The van der Waals surface area contributed by atoms with Gasteiger partial charge in [-0.15, -0.1) is 0 Å². The van der Waals surface area contributed by atoms with Crippen LogP contribution in [0.3, 0.4) is 0 Å². The smallest absolute Gasteiger partial charge is 0.333 e. The maximum Gasteiger partial charge on any atom is 0.333 e. The number of rotatable bonds is 3. The Morgan fingerprint density at radius 1 is 0.944 bits per heavy atom. The molecule has 92 valence electrons. The summed E-state index contributed by atoms with van der Waals surface area (Å²) in [6, 6.07) is 16.0. The summed E-state index contributed by atoms with van der Waals surface area (Å²) in [6.07, 6.45) is 0. The molecule has 2 aromatic carbocycles. The van der Waals surface area contributed by atoms with Gasteiger partial charge in [0.2, 0.25) is 0 Å². The first kappa shape index (κ1) is 11.9. The second-order valence-corrected chi connectivity index (χ2v) is 3.54. The Bertz CT molecular complexity index is 512. The van der Waals surface area contributed by atoms with E-state index in [0.29, 0.717) is 11.4 Å². The maximum absolute atomic E-state index is 11.0. The van der Waals surface area contributed by atoms with Crippen molar-refractivity contribution in [2.75, 3.05) is 5.32 Å². The van der Waals surface area contributed by atoms with E-state index in [0.717, 1.165) is 5.75 Å². The average Bonchev–Trinajstić information content (AvgIpc) is 2.42. The third-order valence-electron chi connectivity index (χ3n) is 2.22. The number of urea groups is 1. The van der Waals surface area contributed by atoms with Crippen molar-refractivity contribution in [3.05, 3.63) is 54.6 Å². The first-order valence-electron chi connectivity index (χ1n) is 5.38. The number of anilines is 1. The van der Waals surface area contributed by atoms with Crippen molar-refractivity contribution in [1.82, 2.24) is 5.43 Å². The number of para-hydroxylation sites is 1. The van der Waals surface area contributed by atoms with Crippen LogP contribution in [0.1, 0.15) is 0 Å². The summed E-state index contributed by atoms with van der Waals surface area (Å²) in [4.78, 5) is 11.0. The second kappa shape index (κ2) is 5.70. The number of benzene rings is 2. The summed E-state index contributed by atoms with van der Waals surface area (Å²) in [5.41, 5.74) is 2.62. The zero-order valence-corrected chi connectivity index (χ0v) is 9.59. The highest BCUT2D eigenvalue weighted by Gasteiger charge is 2.00. The number of amides is 2. The predicted molar refractivity (Wildman–Crippen MR) is 69.3 cm³/mol. The van der Waals surface area contributed by atoms with E-state index in [1.54, 1.807) is 24.3 Å². The van der Waals surface area contributed by atoms with E-state index >= 15 is 0 Å². The van der Waals surface area contributed by atoms with Gasteiger partial charge in [-0.3, -0.25) is 5.43 Å². The average molecular weight is 243 g/mol. The number of ether oxygens (including phenoxy) is 1. The van der Waals surface area contributed by atoms with Crippen molar-refractivity contribution < 1.29 is 9.53 Å². The Balaban J connectivity index is 2.02. The molecule has 0 heterocycles. The molecule has 0 aromatic heterocycles. The zero-order valence-electron chi connectivity index (χ0n) is 9.59. The van der Waals surface area contributed by atoms with Crippen LogP contribution < -0.4 is 21.3 Å². The van der Waals surface area contributed by atoms with Crippen LogP contribution in [-0.4, -0.2) is 6.03 Å². The zero-order chi connectivity index (χ0) is 12.8. The normalized spacial score (nSPS) is 9.61. The molecule has 4 N–H and O–H groups in total. The van der Waals surface area contributed by atoms with Gasteiger partial charge in [-0.1, -0.05) is 18.2 Å². The molecule has 0 aliphatic rings. The third kappa shape index (κ3) is 3.23. The highest BCUT2D eigenvalue weighted by Crippen LogP contribution is 2.22. The topological polar surface area (TPSA) is 76.4 Å². The van der Waals surface area contributed by atoms with Crippen molar-refractivity contribution in [3.8, 4) is 11.5 Å². The van der Waals surface area contributed by atoms with E-state index in [2.05, 4.69) is 5.32 Å². The summed E-state index contributed by atoms with van der Waals surface area (Å²) in [5, 5.41) is 2.55. The largest absolute Gasteiger partial charge is 0.457 e. The molecule has 2 aromatic rings. The predicted octanol–water partition coefficient (Wildman–Crippen LogP) is 2.47. The first-order chi connectivity index (χ1) is 8.78. The third-order valence-corrected chi connectivity index (χ3v) is 2.22. The van der Waals surface area contributed by atoms with Crippen LogP contribution in [0.15, 0.2) is 54.6 Å². The number of carbonyl (C=O) groups excluding carboxylic acids is 1. The van der Waals surface area contributed by atoms with E-state index in [9.17, 15) is 4.79 Å². The molecule has 2 rings (SSSR count). The van der Waals surface area contributed by atoms with Gasteiger partial charge in [-0.2, -0.15) is 0 Å². The van der Waals surface area contributed by atoms with E-state index in [1.165, 1.54) is 0 Å². The monoisotopic (exact) mass is 243 g/mol. The molecule has 0 saturated heterocycles. The Morgan fingerprint density at radius 3 is 2.17 bits per heavy atom. The summed E-state index contributed by atoms with van der Waals surface area (Å²) in [6.45, 7) is 0. The summed E-state index contributed by atoms with van der Waals surface area (Å²) >= 11 is 0. The fourth-order valence-corrected chi connectivity index (χ4v) is 1.40. The van der Waals surface area contributed by atoms with Gasteiger partial charge >= 0.3 is 6.03 Å². The number of hydrogen-bond donors (Lipinski definition) is 3. The van der Waals surface area contributed by atoms with E-state index < -0.39 is 6.03 Å². The second-order valence-electron chi connectivity index (χ2n) is 3.54. The van der Waals surface area contributed by atoms with Crippen LogP contribution in [0, 0.1) is 0 Å². The van der Waals surface area contributed by atoms with Crippen molar-refractivity contribution >= 4 is 11.7 Å². The molecule has 0 radical (unpaired) electrons. The lowest BCUT2D eigenvalue weighted by Crippen LogP contribution is -2.34. The lowest BCUT2D eigenvalue weighted by Gasteiger charge is -2.07. The lowest BCUT2D eigenvalue weighted by atomic mass is 10.3. The minimum absolute atomic E-state index is 0.466. The van der Waals surface area contributed by atoms with Crippen molar-refractivity contribution in [2.45, 2.75) is 0 Å². The minimum atomic E-state index is -0.466. The molecule has 0 spiro atoms. The fourth-order valence-electron chi connectivity index (χ4n) is 1.40. The fraction of sp³-hybridized carbons (Fsp3) is 0. The Hall–Kier alpha value is -2.53. The number of hydrogen-bond acceptors (Lipinski definition) is 3. The van der Waals surface area contributed by atoms with E-state index in [4.69, 9.17) is 10.6 Å². The van der Waals surface area contributed by atoms with Gasteiger partial charge in [-0.25, -0.2) is 10.6 Å². The van der Waals surface area contributed by atoms with Crippen LogP contribution in [0.5, 0.6) is 11.5 Å². The van der Waals surface area contributed by atoms with Crippen molar-refractivity contribution in [2.24, 2.45) is 5.84 Å². The lowest BCUT2D eigenvalue weighted by molar-refractivity contribution is 0.252. The molecule has 0 fully saturated rings. The highest BCUT2D eigenvalue weighted by molar-refractivity contribution is 5.88. The molecule has 2 amide bonds. The Morgan fingerprint density at radius 2 is 1.56 bits per heavy atom. The van der Waals surface area contributed by atoms with E-state index in [1.807, 2.05) is 35.8 Å². The van der Waals surface area contributed by atoms with Gasteiger partial charge in [-0.05, 0) is 36.4 Å².